The predicted octanol–water partition coefficient (Wildman–Crippen LogP) is 1.47. The van der Waals surface area contributed by atoms with E-state index in [4.69, 9.17) is 4.74 Å². The number of nitrogens with one attached hydrogen (secondary N) is 2. The molecule has 0 fully saturated rings. The van der Waals surface area contributed by atoms with E-state index in [1.54, 1.807) is 7.05 Å². The van der Waals surface area contributed by atoms with Crippen LogP contribution in [0.5, 0.6) is 0 Å². The topological polar surface area (TPSA) is 50.4 Å². The molecule has 78 valence electrons. The summed E-state index contributed by atoms with van der Waals surface area (Å²) in [6, 6.07) is -0.200. The lowest BCUT2D eigenvalue weighted by Gasteiger charge is -2.05. The first kappa shape index (κ1) is 12.2. The van der Waals surface area contributed by atoms with Crippen molar-refractivity contribution < 1.29 is 9.53 Å². The van der Waals surface area contributed by atoms with Gasteiger partial charge in [0.05, 0.1) is 0 Å². The Kier molecular flexibility index (Phi) is 8.77. The van der Waals surface area contributed by atoms with Crippen LogP contribution in [0.15, 0.2) is 0 Å². The second kappa shape index (κ2) is 9.32. The van der Waals surface area contributed by atoms with Crippen LogP contribution in [0.1, 0.15) is 32.6 Å². The van der Waals surface area contributed by atoms with Gasteiger partial charge in [0.25, 0.3) is 0 Å². The van der Waals surface area contributed by atoms with Gasteiger partial charge in [0.15, 0.2) is 0 Å². The van der Waals surface area contributed by atoms with E-state index in [2.05, 4.69) is 17.6 Å². The number of unbranched alkanes of at least 4 members (excludes halogenated alkanes) is 3. The minimum atomic E-state index is -0.200. The minimum Gasteiger partial charge on any atom is -0.361 e. The number of amides is 2. The smallest absolute Gasteiger partial charge is 0.316 e. The van der Waals surface area contributed by atoms with Crippen molar-refractivity contribution in [1.82, 2.24) is 10.6 Å². The van der Waals surface area contributed by atoms with Crippen molar-refractivity contribution in [2.45, 2.75) is 32.6 Å². The second-order valence-electron chi connectivity index (χ2n) is 2.87. The van der Waals surface area contributed by atoms with Gasteiger partial charge in [0, 0.05) is 13.7 Å². The van der Waals surface area contributed by atoms with Crippen molar-refractivity contribution in [1.29, 1.82) is 0 Å². The Morgan fingerprint density at radius 3 is 2.69 bits per heavy atom. The summed E-state index contributed by atoms with van der Waals surface area (Å²) in [5.41, 5.74) is 0. The molecule has 0 heterocycles. The molecule has 2 N–H and O–H groups in total. The summed E-state index contributed by atoms with van der Waals surface area (Å²) in [6.07, 6.45) is 4.77. The van der Waals surface area contributed by atoms with E-state index < -0.39 is 0 Å². The van der Waals surface area contributed by atoms with Crippen LogP contribution >= 0.6 is 0 Å². The standard InChI is InChI=1S/C9H20N2O2/c1-3-4-5-6-7-13-8-11-9(12)10-2/h3-8H2,1-2H3,(H2,10,11,12). The van der Waals surface area contributed by atoms with E-state index in [1.165, 1.54) is 19.3 Å². The molecular formula is C9H20N2O2. The molecule has 4 nitrogen and oxygen atoms in total. The number of urea groups is 1. The molecule has 0 atom stereocenters. The summed E-state index contributed by atoms with van der Waals surface area (Å²) in [7, 11) is 1.58. The zero-order valence-corrected chi connectivity index (χ0v) is 8.56. The second-order valence-corrected chi connectivity index (χ2v) is 2.87. The molecule has 0 saturated heterocycles. The van der Waals surface area contributed by atoms with Crippen LogP contribution in [-0.2, 0) is 4.74 Å². The Balaban J connectivity index is 2.95. The van der Waals surface area contributed by atoms with Gasteiger partial charge in [0.1, 0.15) is 6.73 Å². The molecule has 0 spiro atoms. The van der Waals surface area contributed by atoms with E-state index in [-0.39, 0.29) is 6.03 Å². The summed E-state index contributed by atoms with van der Waals surface area (Å²) >= 11 is 0. The fourth-order valence-electron chi connectivity index (χ4n) is 0.908. The highest BCUT2D eigenvalue weighted by Gasteiger charge is 1.93. The molecule has 0 aliphatic carbocycles. The molecular weight excluding hydrogens is 168 g/mol. The van der Waals surface area contributed by atoms with Crippen molar-refractivity contribution in [3.63, 3.8) is 0 Å². The number of hydrogen-bond donors (Lipinski definition) is 2. The van der Waals surface area contributed by atoms with Gasteiger partial charge in [-0.3, -0.25) is 0 Å². The molecule has 0 aliphatic rings. The van der Waals surface area contributed by atoms with Crippen LogP contribution in [-0.4, -0.2) is 26.4 Å². The number of hydrogen-bond acceptors (Lipinski definition) is 2. The zero-order valence-electron chi connectivity index (χ0n) is 8.56. The normalized spacial score (nSPS) is 9.69. The van der Waals surface area contributed by atoms with Gasteiger partial charge in [-0.05, 0) is 6.42 Å². The molecule has 0 rings (SSSR count). The highest BCUT2D eigenvalue weighted by atomic mass is 16.5. The van der Waals surface area contributed by atoms with E-state index in [0.717, 1.165) is 13.0 Å². The lowest BCUT2D eigenvalue weighted by Crippen LogP contribution is -2.34. The summed E-state index contributed by atoms with van der Waals surface area (Å²) in [4.78, 5) is 10.6. The van der Waals surface area contributed by atoms with Crippen molar-refractivity contribution >= 4 is 6.03 Å². The van der Waals surface area contributed by atoms with Gasteiger partial charge in [-0.25, -0.2) is 4.79 Å². The SMILES string of the molecule is CCCCCCOCNC(=O)NC. The molecule has 0 saturated carbocycles. The maximum absolute atomic E-state index is 10.6. The van der Waals surface area contributed by atoms with E-state index in [9.17, 15) is 4.79 Å². The molecule has 2 amide bonds. The average molecular weight is 188 g/mol. The van der Waals surface area contributed by atoms with Gasteiger partial charge >= 0.3 is 6.03 Å². The van der Waals surface area contributed by atoms with Gasteiger partial charge in [-0.1, -0.05) is 26.2 Å². The largest absolute Gasteiger partial charge is 0.361 e. The molecule has 0 bridgehead atoms. The fraction of sp³-hybridized carbons (Fsp3) is 0.889. The summed E-state index contributed by atoms with van der Waals surface area (Å²) in [5.74, 6) is 0. The van der Waals surface area contributed by atoms with Gasteiger partial charge in [-0.15, -0.1) is 0 Å². The third-order valence-corrected chi connectivity index (χ3v) is 1.70. The fourth-order valence-corrected chi connectivity index (χ4v) is 0.908. The van der Waals surface area contributed by atoms with Gasteiger partial charge < -0.3 is 15.4 Å². The van der Waals surface area contributed by atoms with Crippen molar-refractivity contribution in [3.05, 3.63) is 0 Å². The lowest BCUT2D eigenvalue weighted by atomic mass is 10.2. The average Bonchev–Trinajstić information content (AvgIpc) is 2.16. The van der Waals surface area contributed by atoms with Crippen molar-refractivity contribution in [2.24, 2.45) is 0 Å². The highest BCUT2D eigenvalue weighted by molar-refractivity contribution is 5.73. The van der Waals surface area contributed by atoms with Crippen LogP contribution in [0.25, 0.3) is 0 Å². The van der Waals surface area contributed by atoms with Crippen LogP contribution < -0.4 is 10.6 Å². The molecule has 0 unspecified atom stereocenters. The molecule has 0 radical (unpaired) electrons. The first-order valence-corrected chi connectivity index (χ1v) is 4.84. The molecule has 0 aromatic carbocycles. The molecule has 4 heteroatoms. The molecule has 0 aromatic heterocycles. The lowest BCUT2D eigenvalue weighted by molar-refractivity contribution is 0.117. The Labute approximate surface area is 80.0 Å². The first-order chi connectivity index (χ1) is 6.31. The minimum absolute atomic E-state index is 0.200. The van der Waals surface area contributed by atoms with Crippen LogP contribution in [0.3, 0.4) is 0 Å². The third-order valence-electron chi connectivity index (χ3n) is 1.70. The Morgan fingerprint density at radius 2 is 2.08 bits per heavy atom. The van der Waals surface area contributed by atoms with Gasteiger partial charge in [0.2, 0.25) is 0 Å². The maximum Gasteiger partial charge on any atom is 0.316 e. The van der Waals surface area contributed by atoms with Crippen LogP contribution in [0, 0.1) is 0 Å². The van der Waals surface area contributed by atoms with E-state index >= 15 is 0 Å². The molecule has 0 aromatic rings. The van der Waals surface area contributed by atoms with E-state index in [1.807, 2.05) is 0 Å². The van der Waals surface area contributed by atoms with E-state index in [0.29, 0.717) is 6.73 Å². The first-order valence-electron chi connectivity index (χ1n) is 4.84. The predicted molar refractivity (Wildman–Crippen MR) is 52.6 cm³/mol. The number of rotatable bonds is 7. The van der Waals surface area contributed by atoms with Gasteiger partial charge in [-0.2, -0.15) is 0 Å². The molecule has 13 heavy (non-hydrogen) atoms. The zero-order chi connectivity index (χ0) is 9.94. The summed E-state index contributed by atoms with van der Waals surface area (Å²) in [6.45, 7) is 3.20. The monoisotopic (exact) mass is 188 g/mol. The Hall–Kier alpha value is -0.770. The Bertz CT molecular complexity index is 129. The number of ether oxygens (including phenoxy) is 1. The van der Waals surface area contributed by atoms with Crippen LogP contribution in [0.2, 0.25) is 0 Å². The number of carbonyl (C=O) groups excluding carboxylic acids is 1. The number of carbonyl (C=O) groups is 1. The van der Waals surface area contributed by atoms with Crippen LogP contribution in [0.4, 0.5) is 4.79 Å². The van der Waals surface area contributed by atoms with Crippen molar-refractivity contribution in [3.8, 4) is 0 Å². The summed E-state index contributed by atoms with van der Waals surface area (Å²) in [5, 5.41) is 5.00. The quantitative estimate of drug-likeness (QED) is 0.469. The summed E-state index contributed by atoms with van der Waals surface area (Å²) < 4.78 is 5.18. The molecule has 0 aliphatic heterocycles. The Morgan fingerprint density at radius 1 is 1.31 bits per heavy atom. The van der Waals surface area contributed by atoms with Crippen molar-refractivity contribution in [2.75, 3.05) is 20.4 Å². The maximum atomic E-state index is 10.6. The highest BCUT2D eigenvalue weighted by Crippen LogP contribution is 1.98. The third kappa shape index (κ3) is 9.14.